The van der Waals surface area contributed by atoms with Crippen molar-refractivity contribution in [2.24, 2.45) is 0 Å². The van der Waals surface area contributed by atoms with Gasteiger partial charge in [0.1, 0.15) is 0 Å². The Morgan fingerprint density at radius 3 is 2.38 bits per heavy atom. The number of hydrogen-bond acceptors (Lipinski definition) is 3. The van der Waals surface area contributed by atoms with Gasteiger partial charge in [-0.25, -0.2) is 0 Å². The zero-order chi connectivity index (χ0) is 16.8. The number of piperidine rings is 1. The van der Waals surface area contributed by atoms with Gasteiger partial charge in [0.15, 0.2) is 0 Å². The summed E-state index contributed by atoms with van der Waals surface area (Å²) in [5.74, 6) is 0.0287. The van der Waals surface area contributed by atoms with Crippen molar-refractivity contribution in [3.05, 3.63) is 71.3 Å². The molecule has 3 rings (SSSR count). The van der Waals surface area contributed by atoms with E-state index in [1.165, 1.54) is 5.56 Å². The number of likely N-dealkylation sites (tertiary alicyclic amines) is 1. The quantitative estimate of drug-likeness (QED) is 0.868. The molecule has 0 N–H and O–H groups in total. The normalized spacial score (nSPS) is 15.0. The molecule has 0 unspecified atom stereocenters. The molecule has 1 aliphatic heterocycles. The highest BCUT2D eigenvalue weighted by atomic mass is 16.5. The predicted molar refractivity (Wildman–Crippen MR) is 91.3 cm³/mol. The zero-order valence-electron chi connectivity index (χ0n) is 13.5. The highest BCUT2D eigenvalue weighted by Gasteiger charge is 2.24. The predicted octanol–water partition coefficient (Wildman–Crippen LogP) is 3.38. The molecule has 1 heterocycles. The molecule has 122 valence electrons. The molecule has 1 saturated heterocycles. The standard InChI is InChI=1S/C20H20N2O2/c21-14-16-6-8-18(9-7-16)20(23)22-12-10-19(11-13-22)24-15-17-4-2-1-3-5-17/h1-9,19H,10-13,15H2. The van der Waals surface area contributed by atoms with Crippen LogP contribution >= 0.6 is 0 Å². The largest absolute Gasteiger partial charge is 0.373 e. The van der Waals surface area contributed by atoms with Crippen LogP contribution in [0, 0.1) is 11.3 Å². The summed E-state index contributed by atoms with van der Waals surface area (Å²) in [5.41, 5.74) is 2.38. The number of carbonyl (C=O) groups is 1. The van der Waals surface area contributed by atoms with Crippen molar-refractivity contribution in [2.45, 2.75) is 25.6 Å². The van der Waals surface area contributed by atoms with E-state index in [-0.39, 0.29) is 12.0 Å². The number of hydrogen-bond donors (Lipinski definition) is 0. The topological polar surface area (TPSA) is 53.3 Å². The second kappa shape index (κ2) is 7.76. The fourth-order valence-corrected chi connectivity index (χ4v) is 2.88. The third kappa shape index (κ3) is 4.01. The van der Waals surface area contributed by atoms with E-state index in [0.29, 0.717) is 30.8 Å². The highest BCUT2D eigenvalue weighted by Crippen LogP contribution is 2.18. The Morgan fingerprint density at radius 2 is 1.75 bits per heavy atom. The van der Waals surface area contributed by atoms with E-state index < -0.39 is 0 Å². The van der Waals surface area contributed by atoms with Crippen molar-refractivity contribution in [3.63, 3.8) is 0 Å². The molecule has 0 aliphatic carbocycles. The minimum absolute atomic E-state index is 0.0287. The smallest absolute Gasteiger partial charge is 0.253 e. The SMILES string of the molecule is N#Cc1ccc(C(=O)N2CCC(OCc3ccccc3)CC2)cc1. The monoisotopic (exact) mass is 320 g/mol. The van der Waals surface area contributed by atoms with E-state index in [9.17, 15) is 4.79 Å². The van der Waals surface area contributed by atoms with Crippen LogP contribution < -0.4 is 0 Å². The van der Waals surface area contributed by atoms with Gasteiger partial charge in [-0.3, -0.25) is 4.79 Å². The van der Waals surface area contributed by atoms with Gasteiger partial charge in [0.2, 0.25) is 0 Å². The lowest BCUT2D eigenvalue weighted by Crippen LogP contribution is -2.40. The Kier molecular flexibility index (Phi) is 5.25. The molecule has 4 heteroatoms. The summed E-state index contributed by atoms with van der Waals surface area (Å²) >= 11 is 0. The van der Waals surface area contributed by atoms with Crippen molar-refractivity contribution in [2.75, 3.05) is 13.1 Å². The molecule has 0 bridgehead atoms. The summed E-state index contributed by atoms with van der Waals surface area (Å²) < 4.78 is 5.96. The lowest BCUT2D eigenvalue weighted by molar-refractivity contribution is -0.000379. The summed E-state index contributed by atoms with van der Waals surface area (Å²) in [6.45, 7) is 2.03. The maximum Gasteiger partial charge on any atom is 0.253 e. The third-order valence-corrected chi connectivity index (χ3v) is 4.32. The summed E-state index contributed by atoms with van der Waals surface area (Å²) in [7, 11) is 0. The Balaban J connectivity index is 1.49. The van der Waals surface area contributed by atoms with Crippen LogP contribution in [0.3, 0.4) is 0 Å². The van der Waals surface area contributed by atoms with Gasteiger partial charge in [0, 0.05) is 18.7 Å². The molecule has 4 nitrogen and oxygen atoms in total. The highest BCUT2D eigenvalue weighted by molar-refractivity contribution is 5.94. The molecule has 1 amide bonds. The van der Waals surface area contributed by atoms with Crippen LogP contribution in [0.2, 0.25) is 0 Å². The van der Waals surface area contributed by atoms with E-state index in [1.807, 2.05) is 23.1 Å². The summed E-state index contributed by atoms with van der Waals surface area (Å²) in [6.07, 6.45) is 1.92. The Bertz CT molecular complexity index is 712. The molecule has 1 fully saturated rings. The van der Waals surface area contributed by atoms with Gasteiger partial charge in [-0.2, -0.15) is 5.26 Å². The Morgan fingerprint density at radius 1 is 1.08 bits per heavy atom. The van der Waals surface area contributed by atoms with Gasteiger partial charge in [0.25, 0.3) is 5.91 Å². The number of ether oxygens (including phenoxy) is 1. The summed E-state index contributed by atoms with van der Waals surface area (Å²) in [4.78, 5) is 14.4. The van der Waals surface area contributed by atoms with Gasteiger partial charge in [-0.15, -0.1) is 0 Å². The number of amides is 1. The molecule has 0 radical (unpaired) electrons. The number of carbonyl (C=O) groups excluding carboxylic acids is 1. The Labute approximate surface area is 142 Å². The van der Waals surface area contributed by atoms with Crippen LogP contribution in [0.15, 0.2) is 54.6 Å². The third-order valence-electron chi connectivity index (χ3n) is 4.32. The van der Waals surface area contributed by atoms with E-state index in [2.05, 4.69) is 18.2 Å². The average Bonchev–Trinajstić information content (AvgIpc) is 2.67. The van der Waals surface area contributed by atoms with Crippen LogP contribution in [0.1, 0.15) is 34.3 Å². The van der Waals surface area contributed by atoms with E-state index in [0.717, 1.165) is 12.8 Å². The Hall–Kier alpha value is -2.64. The molecule has 0 spiro atoms. The van der Waals surface area contributed by atoms with Crippen molar-refractivity contribution < 1.29 is 9.53 Å². The molecule has 1 aliphatic rings. The molecule has 24 heavy (non-hydrogen) atoms. The van der Waals surface area contributed by atoms with Crippen LogP contribution in [0.25, 0.3) is 0 Å². The maximum atomic E-state index is 12.5. The first-order valence-electron chi connectivity index (χ1n) is 8.21. The molecule has 2 aromatic rings. The summed E-state index contributed by atoms with van der Waals surface area (Å²) in [5, 5.41) is 8.82. The molecule has 0 atom stereocenters. The molecular weight excluding hydrogens is 300 g/mol. The van der Waals surface area contributed by atoms with Crippen molar-refractivity contribution in [3.8, 4) is 6.07 Å². The van der Waals surface area contributed by atoms with Gasteiger partial charge in [0.05, 0.1) is 24.3 Å². The maximum absolute atomic E-state index is 12.5. The fraction of sp³-hybridized carbons (Fsp3) is 0.300. The van der Waals surface area contributed by atoms with Crippen molar-refractivity contribution in [1.29, 1.82) is 5.26 Å². The minimum Gasteiger partial charge on any atom is -0.373 e. The van der Waals surface area contributed by atoms with E-state index in [1.54, 1.807) is 24.3 Å². The number of rotatable bonds is 4. The van der Waals surface area contributed by atoms with Crippen LogP contribution in [-0.2, 0) is 11.3 Å². The molecule has 0 saturated carbocycles. The number of nitriles is 1. The second-order valence-corrected chi connectivity index (χ2v) is 5.98. The van der Waals surface area contributed by atoms with Gasteiger partial charge >= 0.3 is 0 Å². The first-order chi connectivity index (χ1) is 11.8. The second-order valence-electron chi connectivity index (χ2n) is 5.98. The van der Waals surface area contributed by atoms with Gasteiger partial charge in [-0.1, -0.05) is 30.3 Å². The molecular formula is C20H20N2O2. The number of benzene rings is 2. The molecule has 2 aromatic carbocycles. The van der Waals surface area contributed by atoms with Gasteiger partial charge in [-0.05, 0) is 42.7 Å². The first-order valence-corrected chi connectivity index (χ1v) is 8.21. The first kappa shape index (κ1) is 16.2. The summed E-state index contributed by atoms with van der Waals surface area (Å²) in [6, 6.07) is 19.0. The van der Waals surface area contributed by atoms with E-state index >= 15 is 0 Å². The average molecular weight is 320 g/mol. The minimum atomic E-state index is 0.0287. The van der Waals surface area contributed by atoms with Crippen LogP contribution in [0.4, 0.5) is 0 Å². The number of nitrogens with zero attached hydrogens (tertiary/aromatic N) is 2. The lowest BCUT2D eigenvalue weighted by Gasteiger charge is -2.32. The van der Waals surface area contributed by atoms with Crippen LogP contribution in [-0.4, -0.2) is 30.0 Å². The van der Waals surface area contributed by atoms with Gasteiger partial charge < -0.3 is 9.64 Å². The fourth-order valence-electron chi connectivity index (χ4n) is 2.88. The van der Waals surface area contributed by atoms with Crippen LogP contribution in [0.5, 0.6) is 0 Å². The van der Waals surface area contributed by atoms with Crippen molar-refractivity contribution in [1.82, 2.24) is 4.90 Å². The molecule has 0 aromatic heterocycles. The van der Waals surface area contributed by atoms with Crippen molar-refractivity contribution >= 4 is 5.91 Å². The zero-order valence-corrected chi connectivity index (χ0v) is 13.5. The van der Waals surface area contributed by atoms with E-state index in [4.69, 9.17) is 10.00 Å². The lowest BCUT2D eigenvalue weighted by atomic mass is 10.1.